The maximum Gasteiger partial charge on any atom is 0.267 e. The molecule has 2 heterocycles. The smallest absolute Gasteiger partial charge is 0.267 e. The van der Waals surface area contributed by atoms with Gasteiger partial charge in [-0.3, -0.25) is 4.79 Å². The van der Waals surface area contributed by atoms with Crippen LogP contribution in [0.1, 0.15) is 9.67 Å². The largest absolute Gasteiger partial charge is 0.495 e. The Balaban J connectivity index is 1.68. The second kappa shape index (κ2) is 6.29. The first-order valence-electron chi connectivity index (χ1n) is 7.24. The van der Waals surface area contributed by atoms with E-state index in [1.807, 2.05) is 0 Å². The summed E-state index contributed by atoms with van der Waals surface area (Å²) in [6.07, 6.45) is 0. The summed E-state index contributed by atoms with van der Waals surface area (Å²) < 4.78 is 16.5. The molecule has 128 valence electrons. The quantitative estimate of drug-likeness (QED) is 0.662. The van der Waals surface area contributed by atoms with Gasteiger partial charge in [-0.15, -0.1) is 11.3 Å². The number of halogens is 2. The average molecular weight is 396 g/mol. The molecule has 4 rings (SSSR count). The summed E-state index contributed by atoms with van der Waals surface area (Å²) in [4.78, 5) is 13.0. The van der Waals surface area contributed by atoms with Gasteiger partial charge in [-0.1, -0.05) is 23.2 Å². The number of carbonyl (C=O) groups excluding carboxylic acids is 1. The first kappa shape index (κ1) is 16.3. The number of rotatable bonds is 3. The molecule has 0 atom stereocenters. The number of ether oxygens (including phenoxy) is 3. The van der Waals surface area contributed by atoms with Crippen LogP contribution in [-0.2, 0) is 0 Å². The minimum atomic E-state index is -0.319. The van der Waals surface area contributed by atoms with E-state index in [1.165, 1.54) is 18.4 Å². The fourth-order valence-corrected chi connectivity index (χ4v) is 4.34. The number of hydrogen-bond acceptors (Lipinski definition) is 5. The lowest BCUT2D eigenvalue weighted by Crippen LogP contribution is -2.10. The van der Waals surface area contributed by atoms with Crippen molar-refractivity contribution in [2.75, 3.05) is 19.2 Å². The molecule has 1 aliphatic rings. The topological polar surface area (TPSA) is 56.8 Å². The molecule has 1 N–H and O–H groups in total. The van der Waals surface area contributed by atoms with Gasteiger partial charge in [0.1, 0.15) is 15.6 Å². The van der Waals surface area contributed by atoms with Gasteiger partial charge in [-0.05, 0) is 24.3 Å². The van der Waals surface area contributed by atoms with Gasteiger partial charge in [0.25, 0.3) is 5.91 Å². The molecule has 25 heavy (non-hydrogen) atoms. The first-order chi connectivity index (χ1) is 12.1. The highest BCUT2D eigenvalue weighted by Crippen LogP contribution is 2.43. The molecule has 8 heteroatoms. The molecule has 0 spiro atoms. The van der Waals surface area contributed by atoms with Crippen molar-refractivity contribution in [1.82, 2.24) is 0 Å². The van der Waals surface area contributed by atoms with Crippen molar-refractivity contribution in [1.29, 1.82) is 0 Å². The van der Waals surface area contributed by atoms with Crippen molar-refractivity contribution >= 4 is 56.2 Å². The molecule has 0 unspecified atom stereocenters. The third kappa shape index (κ3) is 2.76. The van der Waals surface area contributed by atoms with E-state index in [9.17, 15) is 4.79 Å². The Kier molecular flexibility index (Phi) is 4.11. The zero-order chi connectivity index (χ0) is 17.6. The summed E-state index contributed by atoms with van der Waals surface area (Å²) in [5, 5.41) is 4.33. The van der Waals surface area contributed by atoms with E-state index >= 15 is 0 Å². The van der Waals surface area contributed by atoms with E-state index in [4.69, 9.17) is 37.4 Å². The Morgan fingerprint density at radius 2 is 1.96 bits per heavy atom. The maximum absolute atomic E-state index is 12.6. The Hall–Kier alpha value is -2.15. The number of hydrogen-bond donors (Lipinski definition) is 1. The van der Waals surface area contributed by atoms with Crippen molar-refractivity contribution in [3.8, 4) is 17.2 Å². The van der Waals surface area contributed by atoms with Crippen molar-refractivity contribution in [2.45, 2.75) is 0 Å². The number of fused-ring (bicyclic) bond motifs is 2. The average Bonchev–Trinajstić information content (AvgIpc) is 3.20. The fourth-order valence-electron chi connectivity index (χ4n) is 2.55. The summed E-state index contributed by atoms with van der Waals surface area (Å²) >= 11 is 13.9. The lowest BCUT2D eigenvalue weighted by atomic mass is 10.2. The van der Waals surface area contributed by atoms with Crippen LogP contribution in [0.2, 0.25) is 10.0 Å². The van der Waals surface area contributed by atoms with Crippen LogP contribution in [0.15, 0.2) is 30.3 Å². The van der Waals surface area contributed by atoms with E-state index in [-0.39, 0.29) is 12.7 Å². The van der Waals surface area contributed by atoms with E-state index in [2.05, 4.69) is 5.32 Å². The van der Waals surface area contributed by atoms with Gasteiger partial charge in [0.2, 0.25) is 6.79 Å². The third-order valence-electron chi connectivity index (χ3n) is 3.76. The van der Waals surface area contributed by atoms with Crippen LogP contribution >= 0.6 is 34.5 Å². The molecule has 2 aromatic carbocycles. The summed E-state index contributed by atoms with van der Waals surface area (Å²) in [7, 11) is 1.54. The maximum atomic E-state index is 12.6. The summed E-state index contributed by atoms with van der Waals surface area (Å²) in [5.41, 5.74) is 0.589. The van der Waals surface area contributed by atoms with Crippen molar-refractivity contribution in [2.24, 2.45) is 0 Å². The highest BCUT2D eigenvalue weighted by Gasteiger charge is 2.21. The van der Waals surface area contributed by atoms with Crippen LogP contribution in [0.4, 0.5) is 5.69 Å². The van der Waals surface area contributed by atoms with E-state index in [1.54, 1.807) is 30.3 Å². The molecule has 5 nitrogen and oxygen atoms in total. The van der Waals surface area contributed by atoms with E-state index < -0.39 is 0 Å². The van der Waals surface area contributed by atoms with Gasteiger partial charge in [0.15, 0.2) is 11.5 Å². The Morgan fingerprint density at radius 3 is 2.76 bits per heavy atom. The van der Waals surface area contributed by atoms with Crippen LogP contribution in [0.3, 0.4) is 0 Å². The number of thiophene rings is 1. The van der Waals surface area contributed by atoms with Crippen LogP contribution < -0.4 is 19.5 Å². The van der Waals surface area contributed by atoms with Gasteiger partial charge in [0, 0.05) is 17.1 Å². The normalized spacial score (nSPS) is 12.4. The summed E-state index contributed by atoms with van der Waals surface area (Å²) in [6.45, 7) is 0.176. The second-order valence-electron chi connectivity index (χ2n) is 5.23. The van der Waals surface area contributed by atoms with Gasteiger partial charge in [0.05, 0.1) is 16.8 Å². The van der Waals surface area contributed by atoms with Crippen LogP contribution in [0, 0.1) is 0 Å². The highest BCUT2D eigenvalue weighted by atomic mass is 35.5. The van der Waals surface area contributed by atoms with Crippen LogP contribution in [0.25, 0.3) is 10.1 Å². The second-order valence-corrected chi connectivity index (χ2v) is 7.00. The molecule has 0 radical (unpaired) electrons. The molecule has 1 aliphatic heterocycles. The Morgan fingerprint density at radius 1 is 1.16 bits per heavy atom. The van der Waals surface area contributed by atoms with Gasteiger partial charge in [-0.25, -0.2) is 0 Å². The molecule has 0 saturated carbocycles. The number of benzene rings is 2. The van der Waals surface area contributed by atoms with Crippen molar-refractivity contribution < 1.29 is 19.0 Å². The predicted molar refractivity (Wildman–Crippen MR) is 98.9 cm³/mol. The molecule has 1 amide bonds. The number of methoxy groups -OCH3 is 1. The fraction of sp³-hybridized carbons (Fsp3) is 0.118. The molecular formula is C17H11Cl2NO4S. The summed E-state index contributed by atoms with van der Waals surface area (Å²) in [6, 6.07) is 8.70. The molecule has 0 aliphatic carbocycles. The van der Waals surface area contributed by atoms with E-state index in [0.717, 1.165) is 0 Å². The zero-order valence-electron chi connectivity index (χ0n) is 12.9. The molecule has 0 fully saturated rings. The molecule has 0 saturated heterocycles. The SMILES string of the molecule is COc1ccc2c(Cl)c(C(=O)Nc3ccc4c(c3)OCO4)sc2c1Cl. The predicted octanol–water partition coefficient (Wildman–Crippen LogP) is 5.20. The lowest BCUT2D eigenvalue weighted by Gasteiger charge is -2.05. The van der Waals surface area contributed by atoms with Gasteiger partial charge in [-0.2, -0.15) is 0 Å². The highest BCUT2D eigenvalue weighted by molar-refractivity contribution is 7.22. The summed E-state index contributed by atoms with van der Waals surface area (Å²) in [5.74, 6) is 1.46. The number of carbonyl (C=O) groups is 1. The zero-order valence-corrected chi connectivity index (χ0v) is 15.2. The van der Waals surface area contributed by atoms with Crippen molar-refractivity contribution in [3.05, 3.63) is 45.3 Å². The number of anilines is 1. The standard InChI is InChI=1S/C17H11Cl2NO4S/c1-22-11-5-3-9-13(18)16(25-15(9)14(11)19)17(21)20-8-2-4-10-12(6-8)24-7-23-10/h2-6H,7H2,1H3,(H,20,21). The Labute approximate surface area is 157 Å². The number of nitrogens with one attached hydrogen (secondary N) is 1. The van der Waals surface area contributed by atoms with Crippen molar-refractivity contribution in [3.63, 3.8) is 0 Å². The molecule has 1 aromatic heterocycles. The number of amides is 1. The first-order valence-corrected chi connectivity index (χ1v) is 8.81. The van der Waals surface area contributed by atoms with Crippen LogP contribution in [0.5, 0.6) is 17.2 Å². The molecule has 0 bridgehead atoms. The monoisotopic (exact) mass is 395 g/mol. The minimum absolute atomic E-state index is 0.176. The van der Waals surface area contributed by atoms with Crippen LogP contribution in [-0.4, -0.2) is 19.8 Å². The Bertz CT molecular complexity index is 1000. The molecular weight excluding hydrogens is 385 g/mol. The van der Waals surface area contributed by atoms with E-state index in [0.29, 0.717) is 47.9 Å². The van der Waals surface area contributed by atoms with Gasteiger partial charge < -0.3 is 19.5 Å². The minimum Gasteiger partial charge on any atom is -0.495 e. The van der Waals surface area contributed by atoms with Gasteiger partial charge >= 0.3 is 0 Å². The lowest BCUT2D eigenvalue weighted by molar-refractivity contribution is 0.103. The third-order valence-corrected chi connectivity index (χ3v) is 5.97. The molecule has 3 aromatic rings.